The summed E-state index contributed by atoms with van der Waals surface area (Å²) in [6.45, 7) is 0. The zero-order chi connectivity index (χ0) is 18.4. The first-order chi connectivity index (χ1) is 11.7. The van der Waals surface area contributed by atoms with E-state index in [0.717, 1.165) is 22.1 Å². The minimum absolute atomic E-state index is 0.0311. The maximum atomic E-state index is 12.2. The number of carbonyl (C=O) groups is 1. The molecule has 0 unspecified atom stereocenters. The predicted octanol–water partition coefficient (Wildman–Crippen LogP) is 0.189. The van der Waals surface area contributed by atoms with Gasteiger partial charge in [0.2, 0.25) is 24.9 Å². The molecule has 0 atom stereocenters. The van der Waals surface area contributed by atoms with Crippen molar-refractivity contribution in [2.75, 3.05) is 19.1 Å². The fourth-order valence-electron chi connectivity index (χ4n) is 2.09. The molecule has 0 radical (unpaired) electrons. The van der Waals surface area contributed by atoms with E-state index in [0.29, 0.717) is 5.57 Å². The number of nitrogens with two attached hydrogens (primary N) is 1. The number of fused-ring (bicyclic) bond motifs is 1. The van der Waals surface area contributed by atoms with Crippen molar-refractivity contribution in [1.82, 2.24) is 14.6 Å². The highest BCUT2D eigenvalue weighted by atomic mass is 32.2. The quantitative estimate of drug-likeness (QED) is 0.797. The van der Waals surface area contributed by atoms with Gasteiger partial charge in [0.1, 0.15) is 5.82 Å². The van der Waals surface area contributed by atoms with Gasteiger partial charge in [-0.25, -0.2) is 8.42 Å². The van der Waals surface area contributed by atoms with Crippen LogP contribution in [0.15, 0.2) is 38.7 Å². The van der Waals surface area contributed by atoms with Crippen molar-refractivity contribution in [1.29, 1.82) is 0 Å². The molecule has 0 saturated carbocycles. The Hall–Kier alpha value is -2.79. The molecule has 0 spiro atoms. The average molecular weight is 380 g/mol. The molecule has 0 aromatic carbocycles. The van der Waals surface area contributed by atoms with E-state index < -0.39 is 15.4 Å². The third-order valence-electron chi connectivity index (χ3n) is 3.29. The van der Waals surface area contributed by atoms with E-state index in [9.17, 15) is 18.0 Å². The molecule has 2 heterocycles. The van der Waals surface area contributed by atoms with Crippen LogP contribution < -0.4 is 11.3 Å². The van der Waals surface area contributed by atoms with Crippen LogP contribution in [0, 0.1) is 0 Å². The van der Waals surface area contributed by atoms with E-state index in [1.165, 1.54) is 31.4 Å². The summed E-state index contributed by atoms with van der Waals surface area (Å²) in [4.78, 5) is 27.7. The lowest BCUT2D eigenvalue weighted by Gasteiger charge is -2.08. The van der Waals surface area contributed by atoms with Crippen LogP contribution in [-0.4, -0.2) is 42.2 Å². The van der Waals surface area contributed by atoms with Gasteiger partial charge in [-0.2, -0.15) is 9.50 Å². The Morgan fingerprint density at radius 3 is 2.68 bits per heavy atom. The number of nitrogens with zero attached hydrogens (tertiary/aromatic N) is 3. The molecule has 0 fully saturated rings. The summed E-state index contributed by atoms with van der Waals surface area (Å²) < 4.78 is 29.1. The fraction of sp³-hybridized carbons (Fsp3) is 0.143. The summed E-state index contributed by atoms with van der Waals surface area (Å²) in [6, 6.07) is 0. The molecule has 11 heteroatoms. The number of ketones is 1. The molecule has 0 amide bonds. The summed E-state index contributed by atoms with van der Waals surface area (Å²) >= 11 is 0.753. The van der Waals surface area contributed by atoms with Gasteiger partial charge in [-0.3, -0.25) is 9.59 Å². The Kier molecular flexibility index (Phi) is 4.05. The van der Waals surface area contributed by atoms with Crippen molar-refractivity contribution in [3.8, 4) is 0 Å². The zero-order valence-electron chi connectivity index (χ0n) is 13.1. The first-order valence-electron chi connectivity index (χ1n) is 6.80. The lowest BCUT2D eigenvalue weighted by atomic mass is 10.0. The Bertz CT molecular complexity index is 1150. The summed E-state index contributed by atoms with van der Waals surface area (Å²) in [5.41, 5.74) is 5.87. The summed E-state index contributed by atoms with van der Waals surface area (Å²) in [5.74, 6) is -0.226. The molecule has 25 heavy (non-hydrogen) atoms. The molecule has 2 N–H and O–H groups in total. The number of nitrogen functional groups attached to an aromatic ring is 1. The minimum atomic E-state index is -3.55. The molecular weight excluding hydrogens is 368 g/mol. The minimum Gasteiger partial charge on any atom is -0.493 e. The first kappa shape index (κ1) is 17.0. The van der Waals surface area contributed by atoms with Crippen LogP contribution in [0.2, 0.25) is 0 Å². The van der Waals surface area contributed by atoms with Crippen LogP contribution in [0.4, 0.5) is 5.82 Å². The van der Waals surface area contributed by atoms with Gasteiger partial charge in [-0.05, 0) is 23.8 Å². The molecule has 3 rings (SSSR count). The fourth-order valence-corrected chi connectivity index (χ4v) is 3.78. The van der Waals surface area contributed by atoms with Gasteiger partial charge in [0.25, 0.3) is 5.56 Å². The molecule has 2 aromatic rings. The smallest absolute Gasteiger partial charge is 0.283 e. The Labute approximate surface area is 145 Å². The maximum absolute atomic E-state index is 12.2. The van der Waals surface area contributed by atoms with Gasteiger partial charge in [0, 0.05) is 6.26 Å². The maximum Gasteiger partial charge on any atom is 0.283 e. The Balaban J connectivity index is 2.19. The lowest BCUT2D eigenvalue weighted by Crippen LogP contribution is -2.17. The molecule has 1 aliphatic carbocycles. The van der Waals surface area contributed by atoms with Gasteiger partial charge in [0.15, 0.2) is 5.76 Å². The second-order valence-electron chi connectivity index (χ2n) is 5.11. The molecular formula is C14H12N4O5S2. The zero-order valence-corrected chi connectivity index (χ0v) is 14.7. The largest absolute Gasteiger partial charge is 0.493 e. The van der Waals surface area contributed by atoms with E-state index in [1.54, 1.807) is 0 Å². The van der Waals surface area contributed by atoms with Crippen LogP contribution in [0.1, 0.15) is 5.56 Å². The Morgan fingerprint density at radius 2 is 2.04 bits per heavy atom. The number of hydrogen-bond acceptors (Lipinski definition) is 9. The van der Waals surface area contributed by atoms with Gasteiger partial charge < -0.3 is 10.5 Å². The SMILES string of the molecule is COC1=C/C(=C/c2c(N)n3nc(S(C)(=O)=O)sc3nc2=O)C=CC1=O. The van der Waals surface area contributed by atoms with Crippen LogP contribution >= 0.6 is 11.3 Å². The predicted molar refractivity (Wildman–Crippen MR) is 91.9 cm³/mol. The summed E-state index contributed by atoms with van der Waals surface area (Å²) in [5, 5.41) is 3.90. The van der Waals surface area contributed by atoms with Gasteiger partial charge in [-0.1, -0.05) is 17.4 Å². The molecule has 0 bridgehead atoms. The van der Waals surface area contributed by atoms with E-state index in [-0.39, 0.29) is 32.2 Å². The number of sulfone groups is 1. The summed E-state index contributed by atoms with van der Waals surface area (Å²) in [7, 11) is -2.19. The number of aromatic nitrogens is 3. The third-order valence-corrected chi connectivity index (χ3v) is 5.87. The van der Waals surface area contributed by atoms with Gasteiger partial charge >= 0.3 is 0 Å². The van der Waals surface area contributed by atoms with Gasteiger partial charge in [0.05, 0.1) is 12.7 Å². The van der Waals surface area contributed by atoms with E-state index >= 15 is 0 Å². The highest BCUT2D eigenvalue weighted by Gasteiger charge is 2.19. The molecule has 9 nitrogen and oxygen atoms in total. The number of methoxy groups -OCH3 is 1. The highest BCUT2D eigenvalue weighted by Crippen LogP contribution is 2.22. The monoisotopic (exact) mass is 380 g/mol. The van der Waals surface area contributed by atoms with Crippen molar-refractivity contribution in [3.05, 3.63) is 45.5 Å². The van der Waals surface area contributed by atoms with Gasteiger partial charge in [-0.15, -0.1) is 5.10 Å². The van der Waals surface area contributed by atoms with Crippen molar-refractivity contribution < 1.29 is 17.9 Å². The topological polar surface area (TPSA) is 134 Å². The third kappa shape index (κ3) is 3.10. The highest BCUT2D eigenvalue weighted by molar-refractivity contribution is 7.92. The van der Waals surface area contributed by atoms with Crippen LogP contribution in [0.3, 0.4) is 0 Å². The van der Waals surface area contributed by atoms with Crippen molar-refractivity contribution in [2.45, 2.75) is 4.34 Å². The second-order valence-corrected chi connectivity index (χ2v) is 8.25. The Morgan fingerprint density at radius 1 is 1.32 bits per heavy atom. The molecule has 0 aliphatic heterocycles. The normalized spacial score (nSPS) is 16.5. The number of rotatable bonds is 3. The average Bonchev–Trinajstić information content (AvgIpc) is 2.97. The van der Waals surface area contributed by atoms with Crippen LogP contribution in [0.25, 0.3) is 11.0 Å². The van der Waals surface area contributed by atoms with E-state index in [4.69, 9.17) is 10.5 Å². The lowest BCUT2D eigenvalue weighted by molar-refractivity contribution is -0.114. The number of anilines is 1. The van der Waals surface area contributed by atoms with Crippen LogP contribution in [0.5, 0.6) is 0 Å². The van der Waals surface area contributed by atoms with Crippen molar-refractivity contribution in [3.63, 3.8) is 0 Å². The molecule has 2 aromatic heterocycles. The van der Waals surface area contributed by atoms with Crippen molar-refractivity contribution >= 4 is 43.8 Å². The second kappa shape index (κ2) is 5.93. The molecule has 1 aliphatic rings. The van der Waals surface area contributed by atoms with E-state index in [1.807, 2.05) is 0 Å². The standard InChI is InChI=1S/C14H12N4O5S2/c1-23-10-6-7(3-4-9(10)19)5-8-11(15)18-13(16-12(8)20)24-14(17-18)25(2,21)22/h3-6H,15H2,1-2H3/b7-5+. The number of hydrogen-bond donors (Lipinski definition) is 1. The number of ether oxygens (including phenoxy) is 1. The first-order valence-corrected chi connectivity index (χ1v) is 9.50. The molecule has 0 saturated heterocycles. The van der Waals surface area contributed by atoms with Crippen LogP contribution in [-0.2, 0) is 19.4 Å². The number of allylic oxidation sites excluding steroid dienone is 4. The van der Waals surface area contributed by atoms with E-state index in [2.05, 4.69) is 10.1 Å². The molecule has 130 valence electrons. The summed E-state index contributed by atoms with van der Waals surface area (Å²) in [6.07, 6.45) is 6.69. The van der Waals surface area contributed by atoms with Crippen molar-refractivity contribution in [2.24, 2.45) is 0 Å². The number of carbonyl (C=O) groups excluding carboxylic acids is 1.